The SMILES string of the molecule is COc1ccc(CNc2cc(NC3CCCCC3)ncn2)cc1OC. The number of hydrogen-bond donors (Lipinski definition) is 2. The van der Waals surface area contributed by atoms with Crippen molar-refractivity contribution in [1.82, 2.24) is 9.97 Å². The van der Waals surface area contributed by atoms with E-state index in [0.717, 1.165) is 28.7 Å². The summed E-state index contributed by atoms with van der Waals surface area (Å²) in [5, 5.41) is 6.86. The number of benzene rings is 1. The Balaban J connectivity index is 1.60. The summed E-state index contributed by atoms with van der Waals surface area (Å²) in [4.78, 5) is 8.65. The molecule has 0 aliphatic heterocycles. The fraction of sp³-hybridized carbons (Fsp3) is 0.474. The van der Waals surface area contributed by atoms with E-state index in [2.05, 4.69) is 20.6 Å². The highest BCUT2D eigenvalue weighted by Crippen LogP contribution is 2.28. The molecule has 0 saturated heterocycles. The van der Waals surface area contributed by atoms with Crippen LogP contribution in [-0.2, 0) is 6.54 Å². The van der Waals surface area contributed by atoms with E-state index in [4.69, 9.17) is 9.47 Å². The number of nitrogens with one attached hydrogen (secondary N) is 2. The van der Waals surface area contributed by atoms with Gasteiger partial charge >= 0.3 is 0 Å². The fourth-order valence-electron chi connectivity index (χ4n) is 3.17. The van der Waals surface area contributed by atoms with Crippen molar-refractivity contribution >= 4 is 11.6 Å². The molecule has 6 nitrogen and oxygen atoms in total. The van der Waals surface area contributed by atoms with Gasteiger partial charge in [0.15, 0.2) is 11.5 Å². The maximum Gasteiger partial charge on any atom is 0.161 e. The third kappa shape index (κ3) is 4.75. The number of rotatable bonds is 7. The van der Waals surface area contributed by atoms with Crippen LogP contribution in [0.5, 0.6) is 11.5 Å². The number of methoxy groups -OCH3 is 2. The Morgan fingerprint density at radius 2 is 1.72 bits per heavy atom. The molecule has 1 aromatic carbocycles. The lowest BCUT2D eigenvalue weighted by atomic mass is 9.95. The van der Waals surface area contributed by atoms with Gasteiger partial charge < -0.3 is 20.1 Å². The van der Waals surface area contributed by atoms with Crippen LogP contribution in [0, 0.1) is 0 Å². The minimum atomic E-state index is 0.530. The van der Waals surface area contributed by atoms with Crippen LogP contribution in [0.25, 0.3) is 0 Å². The molecule has 6 heteroatoms. The molecule has 1 aliphatic carbocycles. The molecule has 1 aliphatic rings. The second-order valence-corrected chi connectivity index (χ2v) is 6.31. The lowest BCUT2D eigenvalue weighted by Gasteiger charge is -2.23. The molecule has 3 rings (SSSR count). The molecule has 1 fully saturated rings. The van der Waals surface area contributed by atoms with Crippen LogP contribution in [-0.4, -0.2) is 30.2 Å². The Hall–Kier alpha value is -2.50. The molecule has 2 aromatic rings. The molecule has 1 heterocycles. The van der Waals surface area contributed by atoms with Gasteiger partial charge in [-0.15, -0.1) is 0 Å². The van der Waals surface area contributed by atoms with E-state index in [1.807, 2.05) is 24.3 Å². The predicted octanol–water partition coefficient (Wildman–Crippen LogP) is 3.85. The van der Waals surface area contributed by atoms with Crippen molar-refractivity contribution < 1.29 is 9.47 Å². The van der Waals surface area contributed by atoms with Crippen molar-refractivity contribution in [1.29, 1.82) is 0 Å². The van der Waals surface area contributed by atoms with Gasteiger partial charge in [0.2, 0.25) is 0 Å². The van der Waals surface area contributed by atoms with Crippen molar-refractivity contribution in [3.63, 3.8) is 0 Å². The average molecular weight is 342 g/mol. The van der Waals surface area contributed by atoms with E-state index in [1.54, 1.807) is 20.5 Å². The van der Waals surface area contributed by atoms with Crippen molar-refractivity contribution in [2.24, 2.45) is 0 Å². The monoisotopic (exact) mass is 342 g/mol. The van der Waals surface area contributed by atoms with Crippen LogP contribution in [0.3, 0.4) is 0 Å². The summed E-state index contributed by atoms with van der Waals surface area (Å²) in [6.07, 6.45) is 7.99. The molecule has 1 aromatic heterocycles. The highest BCUT2D eigenvalue weighted by atomic mass is 16.5. The summed E-state index contributed by atoms with van der Waals surface area (Å²) in [6.45, 7) is 0.653. The summed E-state index contributed by atoms with van der Waals surface area (Å²) in [7, 11) is 3.28. The van der Waals surface area contributed by atoms with Crippen LogP contribution >= 0.6 is 0 Å². The van der Waals surface area contributed by atoms with E-state index >= 15 is 0 Å². The zero-order valence-electron chi connectivity index (χ0n) is 14.9. The number of nitrogens with zero attached hydrogens (tertiary/aromatic N) is 2. The Morgan fingerprint density at radius 3 is 2.48 bits per heavy atom. The Morgan fingerprint density at radius 1 is 0.960 bits per heavy atom. The molecule has 0 spiro atoms. The zero-order valence-corrected chi connectivity index (χ0v) is 14.9. The summed E-state index contributed by atoms with van der Waals surface area (Å²) in [6, 6.07) is 8.38. The molecule has 0 amide bonds. The van der Waals surface area contributed by atoms with Gasteiger partial charge in [-0.05, 0) is 30.5 Å². The van der Waals surface area contributed by atoms with E-state index in [-0.39, 0.29) is 0 Å². The standard InChI is InChI=1S/C19H26N4O2/c1-24-16-9-8-14(10-17(16)25-2)12-20-18-11-19(22-13-21-18)23-15-6-4-3-5-7-15/h8-11,13,15H,3-7,12H2,1-2H3,(H2,20,21,22,23). The lowest BCUT2D eigenvalue weighted by Crippen LogP contribution is -2.22. The van der Waals surface area contributed by atoms with Crippen molar-refractivity contribution in [2.75, 3.05) is 24.9 Å². The van der Waals surface area contributed by atoms with Crippen LogP contribution in [0.1, 0.15) is 37.7 Å². The lowest BCUT2D eigenvalue weighted by molar-refractivity contribution is 0.354. The van der Waals surface area contributed by atoms with Gasteiger partial charge in [-0.25, -0.2) is 9.97 Å². The number of aromatic nitrogens is 2. The predicted molar refractivity (Wildman–Crippen MR) is 99.4 cm³/mol. The summed E-state index contributed by atoms with van der Waals surface area (Å²) in [5.41, 5.74) is 1.10. The first-order chi connectivity index (χ1) is 12.3. The summed E-state index contributed by atoms with van der Waals surface area (Å²) < 4.78 is 10.6. The molecule has 2 N–H and O–H groups in total. The van der Waals surface area contributed by atoms with E-state index in [9.17, 15) is 0 Å². The summed E-state index contributed by atoms with van der Waals surface area (Å²) >= 11 is 0. The Kier molecular flexibility index (Phi) is 5.93. The molecule has 134 valence electrons. The van der Waals surface area contributed by atoms with Crippen LogP contribution in [0.4, 0.5) is 11.6 Å². The van der Waals surface area contributed by atoms with Gasteiger partial charge in [0.05, 0.1) is 14.2 Å². The van der Waals surface area contributed by atoms with Crippen LogP contribution in [0.2, 0.25) is 0 Å². The molecule has 0 unspecified atom stereocenters. The second kappa shape index (κ2) is 8.55. The quantitative estimate of drug-likeness (QED) is 0.796. The first kappa shape index (κ1) is 17.3. The molecule has 1 saturated carbocycles. The van der Waals surface area contributed by atoms with Gasteiger partial charge in [0, 0.05) is 18.7 Å². The van der Waals surface area contributed by atoms with Crippen LogP contribution in [0.15, 0.2) is 30.6 Å². The zero-order chi connectivity index (χ0) is 17.5. The van der Waals surface area contributed by atoms with Gasteiger partial charge in [0.1, 0.15) is 18.0 Å². The third-order valence-corrected chi connectivity index (χ3v) is 4.55. The maximum absolute atomic E-state index is 5.34. The highest BCUT2D eigenvalue weighted by Gasteiger charge is 2.13. The van der Waals surface area contributed by atoms with E-state index in [1.165, 1.54) is 32.1 Å². The molecule has 0 bridgehead atoms. The largest absolute Gasteiger partial charge is 0.493 e. The molecule has 25 heavy (non-hydrogen) atoms. The fourth-order valence-corrected chi connectivity index (χ4v) is 3.17. The summed E-state index contributed by atoms with van der Waals surface area (Å²) in [5.74, 6) is 3.15. The molecular formula is C19H26N4O2. The molecule has 0 radical (unpaired) electrons. The Bertz CT molecular complexity index is 687. The minimum absolute atomic E-state index is 0.530. The van der Waals surface area contributed by atoms with Crippen molar-refractivity contribution in [3.05, 3.63) is 36.2 Å². The van der Waals surface area contributed by atoms with Gasteiger partial charge in [-0.1, -0.05) is 25.3 Å². The van der Waals surface area contributed by atoms with Gasteiger partial charge in [-0.3, -0.25) is 0 Å². The maximum atomic E-state index is 5.34. The molecule has 0 atom stereocenters. The first-order valence-electron chi connectivity index (χ1n) is 8.82. The van der Waals surface area contributed by atoms with E-state index < -0.39 is 0 Å². The smallest absolute Gasteiger partial charge is 0.161 e. The Labute approximate surface area is 149 Å². The topological polar surface area (TPSA) is 68.3 Å². The minimum Gasteiger partial charge on any atom is -0.493 e. The van der Waals surface area contributed by atoms with Gasteiger partial charge in [-0.2, -0.15) is 0 Å². The molecular weight excluding hydrogens is 316 g/mol. The first-order valence-corrected chi connectivity index (χ1v) is 8.82. The number of hydrogen-bond acceptors (Lipinski definition) is 6. The third-order valence-electron chi connectivity index (χ3n) is 4.55. The highest BCUT2D eigenvalue weighted by molar-refractivity contribution is 5.48. The normalized spacial score (nSPS) is 14.8. The number of ether oxygens (including phenoxy) is 2. The number of anilines is 2. The van der Waals surface area contributed by atoms with Crippen molar-refractivity contribution in [3.8, 4) is 11.5 Å². The second-order valence-electron chi connectivity index (χ2n) is 6.31. The van der Waals surface area contributed by atoms with Crippen LogP contribution < -0.4 is 20.1 Å². The average Bonchev–Trinajstić information content (AvgIpc) is 2.67. The van der Waals surface area contributed by atoms with Crippen molar-refractivity contribution in [2.45, 2.75) is 44.7 Å². The van der Waals surface area contributed by atoms with E-state index in [0.29, 0.717) is 12.6 Å². The van der Waals surface area contributed by atoms with Gasteiger partial charge in [0.25, 0.3) is 0 Å².